The Kier molecular flexibility index (Phi) is 4.71. The van der Waals surface area contributed by atoms with E-state index in [0.29, 0.717) is 10.9 Å². The van der Waals surface area contributed by atoms with Crippen molar-refractivity contribution in [1.82, 2.24) is 0 Å². The lowest BCUT2D eigenvalue weighted by molar-refractivity contribution is -0.138. The summed E-state index contributed by atoms with van der Waals surface area (Å²) in [6, 6.07) is 4.55. The minimum Gasteiger partial charge on any atom is -0.381 e. The summed E-state index contributed by atoms with van der Waals surface area (Å²) >= 11 is 4.82. The molecular weight excluding hydrogens is 339 g/mol. The summed E-state index contributed by atoms with van der Waals surface area (Å²) in [5.41, 5.74) is -0.0940. The summed E-state index contributed by atoms with van der Waals surface area (Å²) in [6.07, 6.45) is -2.22. The van der Waals surface area contributed by atoms with Crippen LogP contribution >= 0.6 is 27.7 Å². The molecule has 1 aromatic carbocycles. The monoisotopic (exact) mass is 353 g/mol. The minimum absolute atomic E-state index is 0.0802. The summed E-state index contributed by atoms with van der Waals surface area (Å²) in [5, 5.41) is 3.65. The highest BCUT2D eigenvalue weighted by Gasteiger charge is 2.33. The average molecular weight is 354 g/mol. The van der Waals surface area contributed by atoms with Crippen LogP contribution in [0, 0.1) is 0 Å². The fourth-order valence-electron chi connectivity index (χ4n) is 2.16. The van der Waals surface area contributed by atoms with Crippen LogP contribution in [0.4, 0.5) is 18.9 Å². The van der Waals surface area contributed by atoms with Gasteiger partial charge < -0.3 is 5.32 Å². The van der Waals surface area contributed by atoms with E-state index in [1.807, 2.05) is 11.8 Å². The fraction of sp³-hybridized carbons (Fsp3) is 0.538. The van der Waals surface area contributed by atoms with Crippen molar-refractivity contribution in [3.05, 3.63) is 28.2 Å². The average Bonchev–Trinajstić information content (AvgIpc) is 2.33. The van der Waals surface area contributed by atoms with Gasteiger partial charge in [-0.3, -0.25) is 0 Å². The first-order chi connectivity index (χ1) is 8.88. The zero-order valence-electron chi connectivity index (χ0n) is 10.4. The third-order valence-corrected chi connectivity index (χ3v) is 5.30. The molecule has 2 rings (SSSR count). The molecule has 2 atom stereocenters. The third kappa shape index (κ3) is 3.81. The zero-order valence-corrected chi connectivity index (χ0v) is 12.8. The molecule has 1 aliphatic heterocycles. The van der Waals surface area contributed by atoms with Crippen molar-refractivity contribution in [3.63, 3.8) is 0 Å². The van der Waals surface area contributed by atoms with E-state index < -0.39 is 11.7 Å². The van der Waals surface area contributed by atoms with E-state index in [9.17, 15) is 13.2 Å². The van der Waals surface area contributed by atoms with Crippen LogP contribution in [0.25, 0.3) is 0 Å². The highest BCUT2D eigenvalue weighted by molar-refractivity contribution is 9.10. The lowest BCUT2D eigenvalue weighted by atomic mass is 10.1. The lowest BCUT2D eigenvalue weighted by Gasteiger charge is -2.30. The normalized spacial score (nSPS) is 24.3. The summed E-state index contributed by atoms with van der Waals surface area (Å²) in [7, 11) is 0. The largest absolute Gasteiger partial charge is 0.417 e. The molecule has 1 aromatic rings. The van der Waals surface area contributed by atoms with Crippen molar-refractivity contribution in [3.8, 4) is 0 Å². The molecule has 19 heavy (non-hydrogen) atoms. The van der Waals surface area contributed by atoms with Gasteiger partial charge in [0.2, 0.25) is 0 Å². The first kappa shape index (κ1) is 15.0. The van der Waals surface area contributed by atoms with Crippen LogP contribution in [0.2, 0.25) is 0 Å². The predicted octanol–water partition coefficient (Wildman–Crippen LogP) is 5.16. The van der Waals surface area contributed by atoms with Crippen LogP contribution < -0.4 is 5.32 Å². The second-order valence-electron chi connectivity index (χ2n) is 4.66. The number of benzene rings is 1. The third-order valence-electron chi connectivity index (χ3n) is 3.23. The molecule has 1 saturated heterocycles. The maximum Gasteiger partial charge on any atom is 0.417 e. The summed E-state index contributed by atoms with van der Waals surface area (Å²) in [5.74, 6) is 1.13. The van der Waals surface area contributed by atoms with E-state index in [0.717, 1.165) is 18.6 Å². The van der Waals surface area contributed by atoms with Crippen LogP contribution in [-0.2, 0) is 6.18 Å². The Morgan fingerprint density at radius 3 is 2.74 bits per heavy atom. The maximum atomic E-state index is 12.8. The molecule has 1 N–H and O–H groups in total. The quantitative estimate of drug-likeness (QED) is 0.787. The van der Waals surface area contributed by atoms with Crippen LogP contribution in [0.3, 0.4) is 0 Å². The maximum absolute atomic E-state index is 12.8. The van der Waals surface area contributed by atoms with Crippen molar-refractivity contribution in [1.29, 1.82) is 0 Å². The Labute approximate surface area is 123 Å². The summed E-state index contributed by atoms with van der Waals surface area (Å²) in [4.78, 5) is 0. The van der Waals surface area contributed by atoms with Gasteiger partial charge in [0, 0.05) is 21.5 Å². The molecule has 0 aromatic heterocycles. The van der Waals surface area contributed by atoms with Gasteiger partial charge in [0.25, 0.3) is 0 Å². The number of halogens is 4. The first-order valence-corrected chi connectivity index (χ1v) is 7.97. The molecule has 0 spiro atoms. The standard InChI is InChI=1S/C13H15BrF3NS/c1-8-12(3-2-6-19-8)18-9-4-5-11(14)10(7-9)13(15,16)17/h4-5,7-8,12,18H,2-3,6H2,1H3. The van der Waals surface area contributed by atoms with Gasteiger partial charge in [0.15, 0.2) is 0 Å². The number of hydrogen-bond acceptors (Lipinski definition) is 2. The van der Waals surface area contributed by atoms with Crippen LogP contribution in [0.5, 0.6) is 0 Å². The Morgan fingerprint density at radius 2 is 2.11 bits per heavy atom. The van der Waals surface area contributed by atoms with Crippen LogP contribution in [0.15, 0.2) is 22.7 Å². The van der Waals surface area contributed by atoms with Gasteiger partial charge in [-0.15, -0.1) is 0 Å². The van der Waals surface area contributed by atoms with Crippen LogP contribution in [0.1, 0.15) is 25.3 Å². The molecule has 0 bridgehead atoms. The molecule has 1 heterocycles. The van der Waals surface area contributed by atoms with Crippen molar-refractivity contribution >= 4 is 33.4 Å². The Morgan fingerprint density at radius 1 is 1.37 bits per heavy atom. The van der Waals surface area contributed by atoms with Crippen LogP contribution in [-0.4, -0.2) is 17.0 Å². The second kappa shape index (κ2) is 5.95. The number of anilines is 1. The van der Waals surface area contributed by atoms with Gasteiger partial charge in [-0.25, -0.2) is 0 Å². The van der Waals surface area contributed by atoms with Crippen molar-refractivity contribution in [2.24, 2.45) is 0 Å². The predicted molar refractivity (Wildman–Crippen MR) is 77.7 cm³/mol. The van der Waals surface area contributed by atoms with E-state index >= 15 is 0 Å². The molecule has 1 fully saturated rings. The topological polar surface area (TPSA) is 12.0 Å². The smallest absolute Gasteiger partial charge is 0.381 e. The Bertz CT molecular complexity index is 450. The number of nitrogens with one attached hydrogen (secondary N) is 1. The molecule has 1 aliphatic rings. The Balaban J connectivity index is 2.17. The minimum atomic E-state index is -4.33. The van der Waals surface area contributed by atoms with E-state index in [1.165, 1.54) is 12.1 Å². The van der Waals surface area contributed by atoms with Gasteiger partial charge >= 0.3 is 6.18 Å². The first-order valence-electron chi connectivity index (χ1n) is 6.13. The molecule has 2 unspecified atom stereocenters. The van der Waals surface area contributed by atoms with Gasteiger partial charge in [-0.2, -0.15) is 24.9 Å². The fourth-order valence-corrected chi connectivity index (χ4v) is 3.77. The molecular formula is C13H15BrF3NS. The van der Waals surface area contributed by atoms with Crippen molar-refractivity contribution in [2.75, 3.05) is 11.1 Å². The van der Waals surface area contributed by atoms with E-state index in [-0.39, 0.29) is 10.5 Å². The second-order valence-corrected chi connectivity index (χ2v) is 7.00. The number of hydrogen-bond donors (Lipinski definition) is 1. The van der Waals surface area contributed by atoms with E-state index in [2.05, 4.69) is 28.2 Å². The number of rotatable bonds is 2. The Hall–Kier alpha value is -0.360. The van der Waals surface area contributed by atoms with Gasteiger partial charge in [-0.05, 0) is 36.8 Å². The molecule has 0 radical (unpaired) electrons. The molecule has 1 nitrogen and oxygen atoms in total. The highest BCUT2D eigenvalue weighted by Crippen LogP contribution is 2.37. The highest BCUT2D eigenvalue weighted by atomic mass is 79.9. The van der Waals surface area contributed by atoms with E-state index in [1.54, 1.807) is 6.07 Å². The molecule has 6 heteroatoms. The molecule has 0 saturated carbocycles. The van der Waals surface area contributed by atoms with Gasteiger partial charge in [-0.1, -0.05) is 22.9 Å². The van der Waals surface area contributed by atoms with Crippen molar-refractivity contribution in [2.45, 2.75) is 37.2 Å². The molecule has 106 valence electrons. The summed E-state index contributed by atoms with van der Waals surface area (Å²) in [6.45, 7) is 2.12. The van der Waals surface area contributed by atoms with Gasteiger partial charge in [0.1, 0.15) is 0 Å². The molecule has 0 aliphatic carbocycles. The van der Waals surface area contributed by atoms with Gasteiger partial charge in [0.05, 0.1) is 5.56 Å². The number of alkyl halides is 3. The molecule has 0 amide bonds. The van der Waals surface area contributed by atoms with Crippen molar-refractivity contribution < 1.29 is 13.2 Å². The lowest BCUT2D eigenvalue weighted by Crippen LogP contribution is -2.32. The SMILES string of the molecule is CC1SCCCC1Nc1ccc(Br)c(C(F)(F)F)c1. The zero-order chi connectivity index (χ0) is 14.0. The summed E-state index contributed by atoms with van der Waals surface area (Å²) < 4.78 is 38.5. The number of thioether (sulfide) groups is 1. The van der Waals surface area contributed by atoms with E-state index in [4.69, 9.17) is 0 Å².